The van der Waals surface area contributed by atoms with Gasteiger partial charge in [-0.15, -0.1) is 11.3 Å². The molecule has 0 fully saturated rings. The van der Waals surface area contributed by atoms with Crippen molar-refractivity contribution in [3.63, 3.8) is 0 Å². The highest BCUT2D eigenvalue weighted by atomic mass is 32.1. The molecule has 0 spiro atoms. The molecule has 2 rings (SSSR count). The summed E-state index contributed by atoms with van der Waals surface area (Å²) in [6.07, 6.45) is 1.80. The van der Waals surface area contributed by atoms with E-state index < -0.39 is 0 Å². The number of anilines is 1. The molecule has 0 aliphatic carbocycles. The minimum atomic E-state index is -0.153. The van der Waals surface area contributed by atoms with Crippen LogP contribution in [0.5, 0.6) is 0 Å². The van der Waals surface area contributed by atoms with Crippen LogP contribution >= 0.6 is 11.3 Å². The van der Waals surface area contributed by atoms with Crippen LogP contribution in [0, 0.1) is 6.92 Å². The number of thiazole rings is 1. The van der Waals surface area contributed by atoms with Crippen LogP contribution in [0.1, 0.15) is 16.8 Å². The summed E-state index contributed by atoms with van der Waals surface area (Å²) in [5, 5.41) is 6.76. The number of carbonyl (C=O) groups excluding carboxylic acids is 1. The lowest BCUT2D eigenvalue weighted by atomic mass is 10.2. The monoisotopic (exact) mass is 318 g/mol. The van der Waals surface area contributed by atoms with E-state index in [0.717, 1.165) is 15.6 Å². The molecule has 0 radical (unpaired) electrons. The smallest absolute Gasteiger partial charge is 0.315 e. The maximum Gasteiger partial charge on any atom is 0.315 e. The van der Waals surface area contributed by atoms with Crippen molar-refractivity contribution in [3.8, 4) is 0 Å². The number of carbonyl (C=O) groups is 1. The maximum atomic E-state index is 11.8. The van der Waals surface area contributed by atoms with E-state index in [4.69, 9.17) is 0 Å². The number of para-hydroxylation sites is 1. The van der Waals surface area contributed by atoms with Gasteiger partial charge in [-0.3, -0.25) is 0 Å². The summed E-state index contributed by atoms with van der Waals surface area (Å²) < 4.78 is 0. The number of nitrogens with one attached hydrogen (secondary N) is 2. The van der Waals surface area contributed by atoms with Gasteiger partial charge in [0.15, 0.2) is 0 Å². The third-order valence-electron chi connectivity index (χ3n) is 3.47. The van der Waals surface area contributed by atoms with Gasteiger partial charge in [0, 0.05) is 36.4 Å². The Labute approximate surface area is 135 Å². The van der Waals surface area contributed by atoms with E-state index in [2.05, 4.69) is 39.6 Å². The number of aromatic nitrogens is 1. The summed E-state index contributed by atoms with van der Waals surface area (Å²) in [6, 6.07) is 10.2. The molecule has 1 atom stereocenters. The van der Waals surface area contributed by atoms with E-state index in [0.29, 0.717) is 13.1 Å². The Balaban J connectivity index is 1.73. The second kappa shape index (κ2) is 7.79. The molecule has 0 saturated heterocycles. The number of hydrogen-bond acceptors (Lipinski definition) is 4. The van der Waals surface area contributed by atoms with E-state index in [-0.39, 0.29) is 12.1 Å². The molecule has 0 saturated carbocycles. The highest BCUT2D eigenvalue weighted by Crippen LogP contribution is 2.13. The molecule has 1 aromatic carbocycles. The Hall–Kier alpha value is -2.08. The second-order valence-electron chi connectivity index (χ2n) is 5.20. The highest BCUT2D eigenvalue weighted by molar-refractivity contribution is 7.11. The summed E-state index contributed by atoms with van der Waals surface area (Å²) in [5.74, 6) is 0. The van der Waals surface area contributed by atoms with Crippen LogP contribution in [0.15, 0.2) is 36.5 Å². The largest absolute Gasteiger partial charge is 0.370 e. The topological polar surface area (TPSA) is 57.3 Å². The molecular formula is C16H22N4OS. The van der Waals surface area contributed by atoms with Crippen LogP contribution < -0.4 is 15.5 Å². The molecule has 6 heteroatoms. The zero-order valence-corrected chi connectivity index (χ0v) is 14.0. The number of urea groups is 1. The Kier molecular flexibility index (Phi) is 5.77. The van der Waals surface area contributed by atoms with Crippen LogP contribution in [0.3, 0.4) is 0 Å². The summed E-state index contributed by atoms with van der Waals surface area (Å²) in [7, 11) is 2.03. The van der Waals surface area contributed by atoms with Crippen LogP contribution in [0.4, 0.5) is 10.5 Å². The third-order valence-corrected chi connectivity index (χ3v) is 4.39. The second-order valence-corrected chi connectivity index (χ2v) is 6.52. The number of likely N-dealkylation sites (N-methyl/N-ethyl adjacent to an activating group) is 1. The van der Waals surface area contributed by atoms with E-state index in [9.17, 15) is 4.79 Å². The molecule has 1 heterocycles. The van der Waals surface area contributed by atoms with Crippen molar-refractivity contribution < 1.29 is 4.79 Å². The van der Waals surface area contributed by atoms with Crippen LogP contribution in [-0.4, -0.2) is 30.6 Å². The first-order valence-corrected chi connectivity index (χ1v) is 8.09. The summed E-state index contributed by atoms with van der Waals surface area (Å²) >= 11 is 1.59. The Morgan fingerprint density at radius 2 is 2.05 bits per heavy atom. The summed E-state index contributed by atoms with van der Waals surface area (Å²) in [6.45, 7) is 5.13. The van der Waals surface area contributed by atoms with Crippen molar-refractivity contribution in [1.29, 1.82) is 0 Å². The molecule has 118 valence electrons. The normalized spacial score (nSPS) is 11.8. The van der Waals surface area contributed by atoms with Gasteiger partial charge in [-0.2, -0.15) is 0 Å². The SMILES string of the molecule is Cc1ncc(CNC(=O)NCC(C)N(C)c2ccccc2)s1. The van der Waals surface area contributed by atoms with Crippen molar-refractivity contribution in [1.82, 2.24) is 15.6 Å². The fourth-order valence-electron chi connectivity index (χ4n) is 2.01. The fraction of sp³-hybridized carbons (Fsp3) is 0.375. The standard InChI is InChI=1S/C16H22N4OS/c1-12(20(3)14-7-5-4-6-8-14)9-18-16(21)19-11-15-10-17-13(2)22-15/h4-8,10,12H,9,11H2,1-3H3,(H2,18,19,21). The van der Waals surface area contributed by atoms with Gasteiger partial charge in [0.1, 0.15) is 0 Å². The maximum absolute atomic E-state index is 11.8. The molecule has 0 aliphatic heterocycles. The number of nitrogens with zero attached hydrogens (tertiary/aromatic N) is 2. The first-order chi connectivity index (χ1) is 10.6. The fourth-order valence-corrected chi connectivity index (χ4v) is 2.75. The summed E-state index contributed by atoms with van der Waals surface area (Å²) in [5.41, 5.74) is 1.14. The molecule has 1 aromatic heterocycles. The number of benzene rings is 1. The molecule has 2 N–H and O–H groups in total. The Bertz CT molecular complexity index is 599. The molecule has 5 nitrogen and oxygen atoms in total. The molecule has 2 aromatic rings. The van der Waals surface area contributed by atoms with Crippen molar-refractivity contribution in [3.05, 3.63) is 46.4 Å². The molecule has 0 bridgehead atoms. The zero-order valence-electron chi connectivity index (χ0n) is 13.2. The van der Waals surface area contributed by atoms with E-state index in [1.165, 1.54) is 0 Å². The molecule has 0 aliphatic rings. The van der Waals surface area contributed by atoms with Gasteiger partial charge in [0.05, 0.1) is 11.6 Å². The predicted molar refractivity (Wildman–Crippen MR) is 91.4 cm³/mol. The van der Waals surface area contributed by atoms with Gasteiger partial charge < -0.3 is 15.5 Å². The van der Waals surface area contributed by atoms with E-state index in [1.807, 2.05) is 32.2 Å². The lowest BCUT2D eigenvalue weighted by Crippen LogP contribution is -2.43. The first kappa shape index (κ1) is 16.3. The van der Waals surface area contributed by atoms with Crippen molar-refractivity contribution in [2.24, 2.45) is 0 Å². The van der Waals surface area contributed by atoms with Crippen molar-refractivity contribution >= 4 is 23.1 Å². The van der Waals surface area contributed by atoms with Crippen molar-refractivity contribution in [2.45, 2.75) is 26.4 Å². The van der Waals surface area contributed by atoms with Crippen LogP contribution in [0.2, 0.25) is 0 Å². The quantitative estimate of drug-likeness (QED) is 0.861. The van der Waals surface area contributed by atoms with Crippen LogP contribution in [0.25, 0.3) is 0 Å². The van der Waals surface area contributed by atoms with Gasteiger partial charge in [-0.25, -0.2) is 9.78 Å². The van der Waals surface area contributed by atoms with Crippen LogP contribution in [-0.2, 0) is 6.54 Å². The zero-order chi connectivity index (χ0) is 15.9. The minimum absolute atomic E-state index is 0.153. The van der Waals surface area contributed by atoms with Gasteiger partial charge in [-0.1, -0.05) is 18.2 Å². The first-order valence-electron chi connectivity index (χ1n) is 7.27. The van der Waals surface area contributed by atoms with Gasteiger partial charge in [0.2, 0.25) is 0 Å². The third kappa shape index (κ3) is 4.73. The molecule has 22 heavy (non-hydrogen) atoms. The lowest BCUT2D eigenvalue weighted by Gasteiger charge is -2.27. The number of hydrogen-bond donors (Lipinski definition) is 2. The minimum Gasteiger partial charge on any atom is -0.370 e. The molecule has 1 unspecified atom stereocenters. The average molecular weight is 318 g/mol. The Morgan fingerprint density at radius 1 is 1.32 bits per heavy atom. The number of rotatable bonds is 6. The predicted octanol–water partition coefficient (Wildman–Crippen LogP) is 2.78. The van der Waals surface area contributed by atoms with Gasteiger partial charge >= 0.3 is 6.03 Å². The van der Waals surface area contributed by atoms with E-state index >= 15 is 0 Å². The van der Waals surface area contributed by atoms with Crippen molar-refractivity contribution in [2.75, 3.05) is 18.5 Å². The number of amides is 2. The highest BCUT2D eigenvalue weighted by Gasteiger charge is 2.11. The molecular weight excluding hydrogens is 296 g/mol. The number of aryl methyl sites for hydroxylation is 1. The van der Waals surface area contributed by atoms with Gasteiger partial charge in [-0.05, 0) is 26.0 Å². The molecule has 2 amide bonds. The van der Waals surface area contributed by atoms with Gasteiger partial charge in [0.25, 0.3) is 0 Å². The Morgan fingerprint density at radius 3 is 2.68 bits per heavy atom. The van der Waals surface area contributed by atoms with E-state index in [1.54, 1.807) is 17.5 Å². The lowest BCUT2D eigenvalue weighted by molar-refractivity contribution is 0.240. The summed E-state index contributed by atoms with van der Waals surface area (Å²) in [4.78, 5) is 19.2. The average Bonchev–Trinajstić information content (AvgIpc) is 2.96.